The van der Waals surface area contributed by atoms with E-state index < -0.39 is 0 Å². The van der Waals surface area contributed by atoms with E-state index in [1.165, 1.54) is 0 Å². The molecular weight excluding hydrogens is 216 g/mol. The van der Waals surface area contributed by atoms with Crippen LogP contribution in [0.15, 0.2) is 24.3 Å². The largest absolute Gasteiger partial charge is 0.380 e. The van der Waals surface area contributed by atoms with Gasteiger partial charge in [-0.25, -0.2) is 0 Å². The number of methoxy groups -OCH3 is 1. The second kappa shape index (κ2) is 5.23. The van der Waals surface area contributed by atoms with Crippen LogP contribution in [-0.4, -0.2) is 18.7 Å². The van der Waals surface area contributed by atoms with Crippen LogP contribution in [0.5, 0.6) is 0 Å². The van der Waals surface area contributed by atoms with Crippen LogP contribution < -0.4 is 0 Å². The van der Waals surface area contributed by atoms with Crippen molar-refractivity contribution < 1.29 is 14.3 Å². The molecule has 1 aromatic carbocycles. The summed E-state index contributed by atoms with van der Waals surface area (Å²) in [6, 6.07) is 7.43. The summed E-state index contributed by atoms with van der Waals surface area (Å²) in [7, 11) is 1.64. The average Bonchev–Trinajstić information content (AvgIpc) is 2.76. The Balaban J connectivity index is 2.06. The molecule has 1 saturated carbocycles. The third kappa shape index (κ3) is 2.80. The normalized spacial score (nSPS) is 19.6. The molecule has 0 bridgehead atoms. The first-order chi connectivity index (χ1) is 8.20. The van der Waals surface area contributed by atoms with Gasteiger partial charge in [0.25, 0.3) is 0 Å². The van der Waals surface area contributed by atoms with Crippen molar-refractivity contribution in [1.82, 2.24) is 0 Å². The summed E-state index contributed by atoms with van der Waals surface area (Å²) in [4.78, 5) is 23.2. The maximum atomic E-state index is 12.1. The third-order valence-corrected chi connectivity index (χ3v) is 3.17. The first-order valence-corrected chi connectivity index (χ1v) is 5.84. The van der Waals surface area contributed by atoms with E-state index in [-0.39, 0.29) is 17.5 Å². The predicted molar refractivity (Wildman–Crippen MR) is 63.8 cm³/mol. The molecule has 1 aromatic rings. The molecule has 0 radical (unpaired) electrons. The zero-order chi connectivity index (χ0) is 12.3. The zero-order valence-electron chi connectivity index (χ0n) is 9.94. The van der Waals surface area contributed by atoms with Gasteiger partial charge in [-0.15, -0.1) is 0 Å². The SMILES string of the molecule is COCc1ccc(C(=O)C2CCC(=O)C2)cc1. The van der Waals surface area contributed by atoms with Crippen LogP contribution in [0.25, 0.3) is 0 Å². The summed E-state index contributed by atoms with van der Waals surface area (Å²) in [6.45, 7) is 0.552. The minimum Gasteiger partial charge on any atom is -0.380 e. The molecule has 0 amide bonds. The zero-order valence-corrected chi connectivity index (χ0v) is 9.94. The highest BCUT2D eigenvalue weighted by molar-refractivity contribution is 6.01. The molecule has 1 atom stereocenters. The Morgan fingerprint density at radius 2 is 2.06 bits per heavy atom. The van der Waals surface area contributed by atoms with Crippen molar-refractivity contribution in [3.63, 3.8) is 0 Å². The second-order valence-corrected chi connectivity index (χ2v) is 4.47. The van der Waals surface area contributed by atoms with Crippen molar-refractivity contribution in [2.75, 3.05) is 7.11 Å². The number of benzene rings is 1. The fraction of sp³-hybridized carbons (Fsp3) is 0.429. The summed E-state index contributed by atoms with van der Waals surface area (Å²) >= 11 is 0. The van der Waals surface area contributed by atoms with Gasteiger partial charge in [-0.3, -0.25) is 9.59 Å². The molecule has 1 unspecified atom stereocenters. The van der Waals surface area contributed by atoms with Crippen molar-refractivity contribution >= 4 is 11.6 Å². The van der Waals surface area contributed by atoms with Crippen LogP contribution in [0.4, 0.5) is 0 Å². The Labute approximate surface area is 101 Å². The molecule has 0 aliphatic heterocycles. The fourth-order valence-corrected chi connectivity index (χ4v) is 2.21. The molecule has 1 fully saturated rings. The molecule has 90 valence electrons. The molecule has 1 aliphatic carbocycles. The van der Waals surface area contributed by atoms with Gasteiger partial charge in [0.15, 0.2) is 5.78 Å². The van der Waals surface area contributed by atoms with Crippen molar-refractivity contribution in [3.05, 3.63) is 35.4 Å². The van der Waals surface area contributed by atoms with E-state index in [4.69, 9.17) is 4.74 Å². The Hall–Kier alpha value is -1.48. The smallest absolute Gasteiger partial charge is 0.166 e. The molecule has 3 heteroatoms. The van der Waals surface area contributed by atoms with E-state index >= 15 is 0 Å². The monoisotopic (exact) mass is 232 g/mol. The van der Waals surface area contributed by atoms with E-state index in [0.29, 0.717) is 31.4 Å². The summed E-state index contributed by atoms with van der Waals surface area (Å²) < 4.78 is 5.01. The van der Waals surface area contributed by atoms with Crippen LogP contribution in [-0.2, 0) is 16.1 Å². The fourth-order valence-electron chi connectivity index (χ4n) is 2.21. The summed E-state index contributed by atoms with van der Waals surface area (Å²) in [5.74, 6) is 0.204. The maximum Gasteiger partial charge on any atom is 0.166 e. The van der Waals surface area contributed by atoms with E-state index in [0.717, 1.165) is 5.56 Å². The highest BCUT2D eigenvalue weighted by Crippen LogP contribution is 2.25. The highest BCUT2D eigenvalue weighted by atomic mass is 16.5. The quantitative estimate of drug-likeness (QED) is 0.748. The van der Waals surface area contributed by atoms with Gasteiger partial charge in [0.2, 0.25) is 0 Å². The molecule has 0 saturated heterocycles. The Morgan fingerprint density at radius 3 is 2.59 bits per heavy atom. The lowest BCUT2D eigenvalue weighted by atomic mass is 9.96. The van der Waals surface area contributed by atoms with Crippen molar-refractivity contribution in [2.45, 2.75) is 25.9 Å². The predicted octanol–water partition coefficient (Wildman–Crippen LogP) is 2.38. The van der Waals surface area contributed by atoms with Crippen LogP contribution in [0, 0.1) is 5.92 Å². The topological polar surface area (TPSA) is 43.4 Å². The van der Waals surface area contributed by atoms with Crippen molar-refractivity contribution in [2.24, 2.45) is 5.92 Å². The third-order valence-electron chi connectivity index (χ3n) is 3.17. The first-order valence-electron chi connectivity index (χ1n) is 5.84. The molecule has 3 nitrogen and oxygen atoms in total. The number of rotatable bonds is 4. The number of hydrogen-bond donors (Lipinski definition) is 0. The summed E-state index contributed by atoms with van der Waals surface area (Å²) in [5, 5.41) is 0. The van der Waals surface area contributed by atoms with E-state index in [9.17, 15) is 9.59 Å². The standard InChI is InChI=1S/C14H16O3/c1-17-9-10-2-4-11(5-3-10)14(16)12-6-7-13(15)8-12/h2-5,12H,6-9H2,1H3. The number of Topliss-reactive ketones (excluding diaryl/α,β-unsaturated/α-hetero) is 2. The number of carbonyl (C=O) groups is 2. The van der Waals surface area contributed by atoms with E-state index in [1.54, 1.807) is 7.11 Å². The van der Waals surface area contributed by atoms with Gasteiger partial charge in [0.05, 0.1) is 6.61 Å². The lowest BCUT2D eigenvalue weighted by Crippen LogP contribution is -2.11. The van der Waals surface area contributed by atoms with Crippen molar-refractivity contribution in [3.8, 4) is 0 Å². The molecule has 0 heterocycles. The lowest BCUT2D eigenvalue weighted by Gasteiger charge is -2.07. The van der Waals surface area contributed by atoms with Crippen LogP contribution >= 0.6 is 0 Å². The number of ketones is 2. The van der Waals surface area contributed by atoms with Gasteiger partial charge >= 0.3 is 0 Å². The summed E-state index contributed by atoms with van der Waals surface area (Å²) in [6.07, 6.45) is 1.67. The van der Waals surface area contributed by atoms with Gasteiger partial charge < -0.3 is 4.74 Å². The van der Waals surface area contributed by atoms with Crippen LogP contribution in [0.2, 0.25) is 0 Å². The average molecular weight is 232 g/mol. The van der Waals surface area contributed by atoms with Gasteiger partial charge in [0, 0.05) is 31.4 Å². The van der Waals surface area contributed by atoms with Crippen LogP contribution in [0.3, 0.4) is 0 Å². The maximum absolute atomic E-state index is 12.1. The molecule has 0 aromatic heterocycles. The molecule has 0 spiro atoms. The first kappa shape index (κ1) is 12.0. The molecule has 0 N–H and O–H groups in total. The van der Waals surface area contributed by atoms with Gasteiger partial charge in [0.1, 0.15) is 5.78 Å². The minimum absolute atomic E-state index is 0.0971. The van der Waals surface area contributed by atoms with Crippen LogP contribution in [0.1, 0.15) is 35.2 Å². The Bertz CT molecular complexity index is 420. The van der Waals surface area contributed by atoms with Gasteiger partial charge in [-0.05, 0) is 12.0 Å². The van der Waals surface area contributed by atoms with Gasteiger partial charge in [-0.1, -0.05) is 24.3 Å². The Morgan fingerprint density at radius 1 is 1.35 bits per heavy atom. The van der Waals surface area contributed by atoms with Crippen molar-refractivity contribution in [1.29, 1.82) is 0 Å². The molecule has 2 rings (SSSR count). The summed E-state index contributed by atoms with van der Waals surface area (Å²) in [5.41, 5.74) is 1.75. The highest BCUT2D eigenvalue weighted by Gasteiger charge is 2.28. The second-order valence-electron chi connectivity index (χ2n) is 4.47. The molecule has 1 aliphatic rings. The number of ether oxygens (including phenoxy) is 1. The number of hydrogen-bond acceptors (Lipinski definition) is 3. The molecular formula is C14H16O3. The minimum atomic E-state index is -0.101. The Kier molecular flexibility index (Phi) is 3.69. The van der Waals surface area contributed by atoms with Gasteiger partial charge in [-0.2, -0.15) is 0 Å². The van der Waals surface area contributed by atoms with E-state index in [2.05, 4.69) is 0 Å². The van der Waals surface area contributed by atoms with E-state index in [1.807, 2.05) is 24.3 Å². The number of carbonyl (C=O) groups excluding carboxylic acids is 2. The molecule has 17 heavy (non-hydrogen) atoms. The lowest BCUT2D eigenvalue weighted by molar-refractivity contribution is -0.117.